The molecule has 3 nitrogen and oxygen atoms in total. The summed E-state index contributed by atoms with van der Waals surface area (Å²) >= 11 is 0. The number of carbonyl (C=O) groups excluding carboxylic acids is 1. The Bertz CT molecular complexity index is 683. The molecular formula is C24H36O3. The molecule has 4 aliphatic carbocycles. The minimum absolute atomic E-state index is 0.0109. The standard InChI is InChI=1S/C24H36O3/c1-22-11-8-16(25)14-15(22)4-5-17-18-6-7-20(23(18,2)12-9-19(17)22)24(3)13-10-21(26)27-24/h4,16-20,25H,5-14H2,1-3H3/t16-,17-,18-,19-,20-,22-,23-,24+/m0/s1. The molecule has 8 atom stereocenters. The van der Waals surface area contributed by atoms with E-state index in [2.05, 4.69) is 26.8 Å². The van der Waals surface area contributed by atoms with E-state index in [1.807, 2.05) is 0 Å². The highest BCUT2D eigenvalue weighted by atomic mass is 16.6. The van der Waals surface area contributed by atoms with Crippen LogP contribution in [0.25, 0.3) is 0 Å². The summed E-state index contributed by atoms with van der Waals surface area (Å²) in [6, 6.07) is 0. The van der Waals surface area contributed by atoms with Crippen LogP contribution >= 0.6 is 0 Å². The van der Waals surface area contributed by atoms with Crippen LogP contribution in [0.5, 0.6) is 0 Å². The number of ether oxygens (including phenoxy) is 1. The molecule has 1 N–H and O–H groups in total. The summed E-state index contributed by atoms with van der Waals surface area (Å²) in [5.74, 6) is 2.85. The minimum Gasteiger partial charge on any atom is -0.459 e. The average molecular weight is 373 g/mol. The van der Waals surface area contributed by atoms with Gasteiger partial charge in [-0.2, -0.15) is 0 Å². The number of aliphatic hydroxyl groups excluding tert-OH is 1. The molecule has 0 amide bonds. The summed E-state index contributed by atoms with van der Waals surface area (Å²) in [5.41, 5.74) is 1.95. The summed E-state index contributed by atoms with van der Waals surface area (Å²) in [6.45, 7) is 7.23. The number of allylic oxidation sites excluding steroid dienone is 1. The van der Waals surface area contributed by atoms with Gasteiger partial charge in [0.1, 0.15) is 5.60 Å². The largest absolute Gasteiger partial charge is 0.459 e. The molecule has 3 heteroatoms. The van der Waals surface area contributed by atoms with E-state index in [1.54, 1.807) is 5.57 Å². The molecule has 0 aromatic heterocycles. The zero-order valence-corrected chi connectivity index (χ0v) is 17.3. The molecule has 1 aliphatic heterocycles. The van der Waals surface area contributed by atoms with Gasteiger partial charge in [-0.05, 0) is 93.3 Å². The SMILES string of the molecule is C[C@]12CC[C@H]3[C@@H](CC=C4C[C@@H](O)CC[C@@]43C)[C@@H]1CC[C@@H]2[C@@]1(C)CCC(=O)O1. The van der Waals surface area contributed by atoms with Crippen LogP contribution in [0.2, 0.25) is 0 Å². The van der Waals surface area contributed by atoms with Crippen molar-refractivity contribution in [3.63, 3.8) is 0 Å². The van der Waals surface area contributed by atoms with E-state index in [-0.39, 0.29) is 17.7 Å². The molecular weight excluding hydrogens is 336 g/mol. The molecule has 0 spiro atoms. The van der Waals surface area contributed by atoms with Gasteiger partial charge in [-0.25, -0.2) is 0 Å². The van der Waals surface area contributed by atoms with E-state index in [0.29, 0.717) is 23.2 Å². The number of hydrogen-bond acceptors (Lipinski definition) is 3. The third-order valence-corrected chi connectivity index (χ3v) is 9.99. The molecule has 1 saturated heterocycles. The number of hydrogen-bond donors (Lipinski definition) is 1. The van der Waals surface area contributed by atoms with Gasteiger partial charge in [-0.3, -0.25) is 4.79 Å². The van der Waals surface area contributed by atoms with Crippen molar-refractivity contribution >= 4 is 5.97 Å². The topological polar surface area (TPSA) is 46.5 Å². The van der Waals surface area contributed by atoms with E-state index in [4.69, 9.17) is 4.74 Å². The Labute approximate surface area is 163 Å². The van der Waals surface area contributed by atoms with Crippen LogP contribution in [0, 0.1) is 34.5 Å². The summed E-state index contributed by atoms with van der Waals surface area (Å²) in [7, 11) is 0. The predicted octanol–water partition coefficient (Wildman–Crippen LogP) is 5.02. The highest BCUT2D eigenvalue weighted by Gasteiger charge is 2.62. The Hall–Kier alpha value is -0.830. The van der Waals surface area contributed by atoms with Crippen LogP contribution in [-0.4, -0.2) is 22.8 Å². The Kier molecular flexibility index (Phi) is 3.94. The van der Waals surface area contributed by atoms with Crippen molar-refractivity contribution < 1.29 is 14.6 Å². The number of aliphatic hydroxyl groups is 1. The van der Waals surface area contributed by atoms with E-state index < -0.39 is 0 Å². The molecule has 3 saturated carbocycles. The molecule has 1 heterocycles. The van der Waals surface area contributed by atoms with Crippen molar-refractivity contribution in [3.8, 4) is 0 Å². The Morgan fingerprint density at radius 1 is 1.04 bits per heavy atom. The van der Waals surface area contributed by atoms with Crippen LogP contribution in [0.1, 0.15) is 85.0 Å². The first-order valence-corrected chi connectivity index (χ1v) is 11.4. The maximum atomic E-state index is 11.9. The quantitative estimate of drug-likeness (QED) is 0.519. The lowest BCUT2D eigenvalue weighted by Gasteiger charge is -2.58. The van der Waals surface area contributed by atoms with Gasteiger partial charge >= 0.3 is 5.97 Å². The summed E-state index contributed by atoms with van der Waals surface area (Å²) in [6.07, 6.45) is 13.2. The lowest BCUT2D eigenvalue weighted by molar-refractivity contribution is -0.158. The molecule has 0 aromatic rings. The van der Waals surface area contributed by atoms with E-state index in [1.165, 1.54) is 32.1 Å². The second-order valence-corrected chi connectivity index (χ2v) is 11.1. The van der Waals surface area contributed by atoms with Gasteiger partial charge < -0.3 is 9.84 Å². The molecule has 0 unspecified atom stereocenters. The fraction of sp³-hybridized carbons (Fsp3) is 0.875. The lowest BCUT2D eigenvalue weighted by Crippen LogP contribution is -2.53. The fourth-order valence-corrected chi connectivity index (χ4v) is 8.60. The van der Waals surface area contributed by atoms with Crippen molar-refractivity contribution in [1.82, 2.24) is 0 Å². The Morgan fingerprint density at radius 2 is 1.85 bits per heavy atom. The monoisotopic (exact) mass is 372 g/mol. The first kappa shape index (κ1) is 18.2. The van der Waals surface area contributed by atoms with E-state index in [0.717, 1.165) is 43.4 Å². The van der Waals surface area contributed by atoms with Crippen LogP contribution in [0.15, 0.2) is 11.6 Å². The molecule has 5 rings (SSSR count). The van der Waals surface area contributed by atoms with Crippen molar-refractivity contribution in [1.29, 1.82) is 0 Å². The van der Waals surface area contributed by atoms with Gasteiger partial charge in [0.25, 0.3) is 0 Å². The fourth-order valence-electron chi connectivity index (χ4n) is 8.60. The second kappa shape index (κ2) is 5.84. The predicted molar refractivity (Wildman–Crippen MR) is 105 cm³/mol. The maximum absolute atomic E-state index is 11.9. The van der Waals surface area contributed by atoms with E-state index >= 15 is 0 Å². The summed E-state index contributed by atoms with van der Waals surface area (Å²) < 4.78 is 5.92. The third kappa shape index (κ3) is 2.46. The number of fused-ring (bicyclic) bond motifs is 5. The molecule has 4 fully saturated rings. The molecule has 0 bridgehead atoms. The average Bonchev–Trinajstić information content (AvgIpc) is 3.15. The summed E-state index contributed by atoms with van der Waals surface area (Å²) in [4.78, 5) is 11.9. The van der Waals surface area contributed by atoms with E-state index in [9.17, 15) is 9.90 Å². The number of rotatable bonds is 1. The minimum atomic E-state index is -0.234. The molecule has 150 valence electrons. The zero-order valence-electron chi connectivity index (χ0n) is 17.3. The Balaban J connectivity index is 1.44. The van der Waals surface area contributed by atoms with Crippen molar-refractivity contribution in [2.24, 2.45) is 34.5 Å². The van der Waals surface area contributed by atoms with Crippen molar-refractivity contribution in [2.75, 3.05) is 0 Å². The molecule has 27 heavy (non-hydrogen) atoms. The van der Waals surface area contributed by atoms with Gasteiger partial charge in [0.15, 0.2) is 0 Å². The van der Waals surface area contributed by atoms with Crippen molar-refractivity contribution in [3.05, 3.63) is 11.6 Å². The smallest absolute Gasteiger partial charge is 0.306 e. The maximum Gasteiger partial charge on any atom is 0.306 e. The highest BCUT2D eigenvalue weighted by molar-refractivity contribution is 5.72. The van der Waals surface area contributed by atoms with Crippen LogP contribution in [-0.2, 0) is 9.53 Å². The second-order valence-electron chi connectivity index (χ2n) is 11.1. The van der Waals surface area contributed by atoms with Gasteiger partial charge in [-0.1, -0.05) is 25.5 Å². The first-order chi connectivity index (χ1) is 12.8. The van der Waals surface area contributed by atoms with Gasteiger partial charge in [-0.15, -0.1) is 0 Å². The van der Waals surface area contributed by atoms with Gasteiger partial charge in [0.2, 0.25) is 0 Å². The van der Waals surface area contributed by atoms with Crippen LogP contribution < -0.4 is 0 Å². The zero-order chi connectivity index (χ0) is 19.0. The molecule has 0 radical (unpaired) electrons. The number of carbonyl (C=O) groups is 1. The highest BCUT2D eigenvalue weighted by Crippen LogP contribution is 2.68. The molecule has 0 aromatic carbocycles. The van der Waals surface area contributed by atoms with Crippen molar-refractivity contribution in [2.45, 2.75) is 96.7 Å². The first-order valence-electron chi connectivity index (χ1n) is 11.4. The Morgan fingerprint density at radius 3 is 2.59 bits per heavy atom. The summed E-state index contributed by atoms with van der Waals surface area (Å²) in [5, 5.41) is 10.2. The molecule has 5 aliphatic rings. The lowest BCUT2D eigenvalue weighted by atomic mass is 9.46. The van der Waals surface area contributed by atoms with Crippen LogP contribution in [0.4, 0.5) is 0 Å². The third-order valence-electron chi connectivity index (χ3n) is 9.99. The normalized spacial score (nSPS) is 54.6. The van der Waals surface area contributed by atoms with Gasteiger partial charge in [0.05, 0.1) is 6.10 Å². The number of cyclic esters (lactones) is 1. The van der Waals surface area contributed by atoms with Crippen LogP contribution in [0.3, 0.4) is 0 Å². The van der Waals surface area contributed by atoms with Gasteiger partial charge in [0, 0.05) is 12.3 Å². The number of esters is 1.